The van der Waals surface area contributed by atoms with Crippen LogP contribution in [0.4, 0.5) is 5.69 Å². The van der Waals surface area contributed by atoms with Crippen LogP contribution in [0.3, 0.4) is 0 Å². The van der Waals surface area contributed by atoms with E-state index in [1.165, 1.54) is 11.1 Å². The molecule has 0 fully saturated rings. The first-order valence-corrected chi connectivity index (χ1v) is 10.9. The average molecular weight is 404 g/mol. The fraction of sp³-hybridized carbons (Fsp3) is 0.333. The lowest BCUT2D eigenvalue weighted by Crippen LogP contribution is -2.02. The van der Waals surface area contributed by atoms with Gasteiger partial charge >= 0.3 is 0 Å². The molecule has 3 rings (SSSR count). The van der Waals surface area contributed by atoms with E-state index in [-0.39, 0.29) is 0 Å². The fourth-order valence-corrected chi connectivity index (χ4v) is 3.10. The van der Waals surface area contributed by atoms with Crippen LogP contribution in [0.5, 0.6) is 11.5 Å². The van der Waals surface area contributed by atoms with Crippen molar-refractivity contribution in [2.75, 3.05) is 18.5 Å². The first kappa shape index (κ1) is 21.8. The van der Waals surface area contributed by atoms with Gasteiger partial charge in [-0.2, -0.15) is 0 Å². The van der Waals surface area contributed by atoms with Crippen molar-refractivity contribution in [3.05, 3.63) is 90.0 Å². The number of hydrogen-bond acceptors (Lipinski definition) is 3. The summed E-state index contributed by atoms with van der Waals surface area (Å²) in [4.78, 5) is 0. The van der Waals surface area contributed by atoms with E-state index in [2.05, 4.69) is 67.7 Å². The van der Waals surface area contributed by atoms with E-state index in [4.69, 9.17) is 9.47 Å². The monoisotopic (exact) mass is 403 g/mol. The van der Waals surface area contributed by atoms with Crippen LogP contribution in [-0.2, 0) is 13.0 Å². The first-order valence-electron chi connectivity index (χ1n) is 10.9. The van der Waals surface area contributed by atoms with Crippen LogP contribution in [0, 0.1) is 5.92 Å². The molecule has 0 spiro atoms. The van der Waals surface area contributed by atoms with Gasteiger partial charge in [0.2, 0.25) is 0 Å². The van der Waals surface area contributed by atoms with Gasteiger partial charge in [0.25, 0.3) is 0 Å². The lowest BCUT2D eigenvalue weighted by atomic mass is 10.1. The van der Waals surface area contributed by atoms with Gasteiger partial charge in [0.1, 0.15) is 11.5 Å². The van der Waals surface area contributed by atoms with Crippen LogP contribution < -0.4 is 14.8 Å². The van der Waals surface area contributed by atoms with Gasteiger partial charge < -0.3 is 14.8 Å². The minimum absolute atomic E-state index is 0.666. The summed E-state index contributed by atoms with van der Waals surface area (Å²) in [5.74, 6) is 2.52. The molecule has 1 N–H and O–H groups in total. The zero-order valence-electron chi connectivity index (χ0n) is 18.1. The molecule has 0 atom stereocenters. The van der Waals surface area contributed by atoms with Gasteiger partial charge in [-0.3, -0.25) is 0 Å². The van der Waals surface area contributed by atoms with E-state index in [0.29, 0.717) is 5.92 Å². The maximum atomic E-state index is 5.86. The molecule has 0 amide bonds. The lowest BCUT2D eigenvalue weighted by Gasteiger charge is -2.11. The number of hydrogen-bond donors (Lipinski definition) is 1. The van der Waals surface area contributed by atoms with E-state index in [1.807, 2.05) is 30.3 Å². The van der Waals surface area contributed by atoms with E-state index in [1.54, 1.807) is 0 Å². The molecule has 0 saturated carbocycles. The van der Waals surface area contributed by atoms with Crippen molar-refractivity contribution >= 4 is 5.69 Å². The second-order valence-electron chi connectivity index (χ2n) is 7.99. The summed E-state index contributed by atoms with van der Waals surface area (Å²) in [6.45, 7) is 6.71. The van der Waals surface area contributed by atoms with Gasteiger partial charge in [0, 0.05) is 12.2 Å². The molecule has 3 heteroatoms. The van der Waals surface area contributed by atoms with Gasteiger partial charge in [-0.05, 0) is 72.7 Å². The number of benzene rings is 3. The molecule has 0 aromatic heterocycles. The third-order valence-electron chi connectivity index (χ3n) is 4.96. The molecule has 0 aliphatic carbocycles. The van der Waals surface area contributed by atoms with Crippen molar-refractivity contribution in [2.45, 2.75) is 39.7 Å². The molecule has 158 valence electrons. The number of anilines is 1. The van der Waals surface area contributed by atoms with E-state index in [9.17, 15) is 0 Å². The van der Waals surface area contributed by atoms with Crippen molar-refractivity contribution in [2.24, 2.45) is 5.92 Å². The molecule has 3 aromatic carbocycles. The van der Waals surface area contributed by atoms with Crippen molar-refractivity contribution in [3.8, 4) is 11.5 Å². The summed E-state index contributed by atoms with van der Waals surface area (Å²) in [6.07, 6.45) is 3.14. The molecule has 3 nitrogen and oxygen atoms in total. The molecule has 0 radical (unpaired) electrons. The predicted molar refractivity (Wildman–Crippen MR) is 125 cm³/mol. The van der Waals surface area contributed by atoms with Gasteiger partial charge in [0.15, 0.2) is 0 Å². The standard InChI is InChI=1S/C27H33NO2/c1-22(2)18-20-30-26-14-10-24(11-15-26)21-28-25-12-16-27(17-13-25)29-19-6-9-23-7-4-3-5-8-23/h3-5,7-8,10-17,22,28H,6,9,18-21H2,1-2H3. The SMILES string of the molecule is CC(C)CCOc1ccc(CNc2ccc(OCCCc3ccccc3)cc2)cc1. The molecule has 30 heavy (non-hydrogen) atoms. The molecule has 0 unspecified atom stereocenters. The highest BCUT2D eigenvalue weighted by atomic mass is 16.5. The highest BCUT2D eigenvalue weighted by Crippen LogP contribution is 2.18. The maximum Gasteiger partial charge on any atom is 0.119 e. The Labute approximate surface area is 181 Å². The molecular formula is C27H33NO2. The van der Waals surface area contributed by atoms with Crippen molar-refractivity contribution in [1.29, 1.82) is 0 Å². The third kappa shape index (κ3) is 7.82. The topological polar surface area (TPSA) is 30.5 Å². The predicted octanol–water partition coefficient (Wildman–Crippen LogP) is 6.74. The zero-order chi connectivity index (χ0) is 21.0. The van der Waals surface area contributed by atoms with E-state index < -0.39 is 0 Å². The van der Waals surface area contributed by atoms with Gasteiger partial charge in [-0.25, -0.2) is 0 Å². The highest BCUT2D eigenvalue weighted by molar-refractivity contribution is 5.47. The Morgan fingerprint density at radius 1 is 0.700 bits per heavy atom. The Morgan fingerprint density at radius 2 is 1.33 bits per heavy atom. The number of ether oxygens (including phenoxy) is 2. The second kappa shape index (κ2) is 11.9. The number of rotatable bonds is 12. The average Bonchev–Trinajstić information content (AvgIpc) is 2.77. The fourth-order valence-electron chi connectivity index (χ4n) is 3.10. The zero-order valence-corrected chi connectivity index (χ0v) is 18.1. The van der Waals surface area contributed by atoms with Gasteiger partial charge in [-0.15, -0.1) is 0 Å². The normalized spacial score (nSPS) is 10.8. The highest BCUT2D eigenvalue weighted by Gasteiger charge is 2.00. The molecule has 0 bridgehead atoms. The summed E-state index contributed by atoms with van der Waals surface area (Å²) >= 11 is 0. The van der Waals surface area contributed by atoms with Crippen molar-refractivity contribution < 1.29 is 9.47 Å². The smallest absolute Gasteiger partial charge is 0.119 e. The molecule has 3 aromatic rings. The van der Waals surface area contributed by atoms with Crippen LogP contribution >= 0.6 is 0 Å². The minimum Gasteiger partial charge on any atom is -0.494 e. The van der Waals surface area contributed by atoms with Gasteiger partial charge in [-0.1, -0.05) is 56.3 Å². The van der Waals surface area contributed by atoms with Crippen molar-refractivity contribution in [3.63, 3.8) is 0 Å². The summed E-state index contributed by atoms with van der Waals surface area (Å²) in [7, 11) is 0. The van der Waals surface area contributed by atoms with Crippen LogP contribution in [0.25, 0.3) is 0 Å². The van der Waals surface area contributed by atoms with Crippen LogP contribution in [0.15, 0.2) is 78.9 Å². The van der Waals surface area contributed by atoms with Crippen LogP contribution in [-0.4, -0.2) is 13.2 Å². The summed E-state index contributed by atoms with van der Waals surface area (Å²) in [6, 6.07) is 27.0. The second-order valence-corrected chi connectivity index (χ2v) is 7.99. The first-order chi connectivity index (χ1) is 14.7. The number of aryl methyl sites for hydroxylation is 1. The largest absolute Gasteiger partial charge is 0.494 e. The van der Waals surface area contributed by atoms with E-state index >= 15 is 0 Å². The summed E-state index contributed by atoms with van der Waals surface area (Å²) in [5, 5.41) is 3.46. The molecular weight excluding hydrogens is 370 g/mol. The molecule has 0 saturated heterocycles. The number of nitrogens with one attached hydrogen (secondary N) is 1. The lowest BCUT2D eigenvalue weighted by molar-refractivity contribution is 0.289. The Morgan fingerprint density at radius 3 is 2.00 bits per heavy atom. The van der Waals surface area contributed by atoms with Gasteiger partial charge in [0.05, 0.1) is 13.2 Å². The Balaban J connectivity index is 1.36. The van der Waals surface area contributed by atoms with E-state index in [0.717, 1.165) is 56.2 Å². The molecule has 0 heterocycles. The molecule has 0 aliphatic rings. The molecule has 0 aliphatic heterocycles. The minimum atomic E-state index is 0.666. The Bertz CT molecular complexity index is 842. The Hall–Kier alpha value is -2.94. The van der Waals surface area contributed by atoms with Crippen LogP contribution in [0.2, 0.25) is 0 Å². The van der Waals surface area contributed by atoms with Crippen LogP contribution in [0.1, 0.15) is 37.8 Å². The summed E-state index contributed by atoms with van der Waals surface area (Å²) < 4.78 is 11.6. The third-order valence-corrected chi connectivity index (χ3v) is 4.96. The summed E-state index contributed by atoms with van der Waals surface area (Å²) in [5.41, 5.74) is 3.67. The maximum absolute atomic E-state index is 5.86. The van der Waals surface area contributed by atoms with Crippen molar-refractivity contribution in [1.82, 2.24) is 0 Å². The quantitative estimate of drug-likeness (QED) is 0.340. The Kier molecular flexibility index (Phi) is 8.64.